The van der Waals surface area contributed by atoms with E-state index in [4.69, 9.17) is 39.5 Å². The summed E-state index contributed by atoms with van der Waals surface area (Å²) in [5.74, 6) is 0.421. The van der Waals surface area contributed by atoms with Gasteiger partial charge in [0, 0.05) is 6.07 Å². The van der Waals surface area contributed by atoms with E-state index >= 15 is 0 Å². The molecule has 0 heterocycles. The van der Waals surface area contributed by atoms with Crippen molar-refractivity contribution in [1.29, 1.82) is 0 Å². The van der Waals surface area contributed by atoms with E-state index in [1.54, 1.807) is 6.92 Å². The maximum Gasteiger partial charge on any atom is 0.139 e. The first-order chi connectivity index (χ1) is 7.35. The first kappa shape index (κ1) is 13.9. The highest BCUT2D eigenvalue weighted by atomic mass is 35.5. The molecule has 5 heteroatoms. The smallest absolute Gasteiger partial charge is 0.139 e. The van der Waals surface area contributed by atoms with E-state index in [1.807, 2.05) is 6.92 Å². The quantitative estimate of drug-likeness (QED) is 0.840. The minimum Gasteiger partial charge on any atom is -0.489 e. The van der Waals surface area contributed by atoms with Gasteiger partial charge < -0.3 is 9.84 Å². The van der Waals surface area contributed by atoms with E-state index < -0.39 is 5.60 Å². The second-order valence-corrected chi connectivity index (χ2v) is 5.06. The molecule has 1 atom stereocenters. The molecule has 1 aromatic rings. The van der Waals surface area contributed by atoms with Crippen LogP contribution < -0.4 is 4.74 Å². The molecule has 1 unspecified atom stereocenters. The third-order valence-electron chi connectivity index (χ3n) is 2.28. The van der Waals surface area contributed by atoms with Gasteiger partial charge >= 0.3 is 0 Å². The van der Waals surface area contributed by atoms with Crippen molar-refractivity contribution >= 4 is 34.8 Å². The zero-order valence-electron chi connectivity index (χ0n) is 9.06. The van der Waals surface area contributed by atoms with Gasteiger partial charge in [0.2, 0.25) is 0 Å². The van der Waals surface area contributed by atoms with Crippen LogP contribution in [0.5, 0.6) is 5.75 Å². The summed E-state index contributed by atoms with van der Waals surface area (Å²) in [6, 6.07) is 3.05. The van der Waals surface area contributed by atoms with Crippen LogP contribution in [0.4, 0.5) is 0 Å². The largest absolute Gasteiger partial charge is 0.489 e. The Kier molecular flexibility index (Phi) is 4.74. The van der Waals surface area contributed by atoms with E-state index in [1.165, 1.54) is 12.1 Å². The highest BCUT2D eigenvalue weighted by Crippen LogP contribution is 2.34. The summed E-state index contributed by atoms with van der Waals surface area (Å²) in [5, 5.41) is 10.9. The fraction of sp³-hybridized carbons (Fsp3) is 0.455. The molecule has 90 valence electrons. The molecule has 0 saturated carbocycles. The molecule has 1 rings (SSSR count). The van der Waals surface area contributed by atoms with Gasteiger partial charge in [0.15, 0.2) is 0 Å². The number of halogens is 3. The molecule has 0 bridgehead atoms. The predicted molar refractivity (Wildman–Crippen MR) is 67.9 cm³/mol. The molecule has 2 nitrogen and oxygen atoms in total. The molecule has 0 aromatic heterocycles. The lowest BCUT2D eigenvalue weighted by Gasteiger charge is -2.22. The Bertz CT molecular complexity index is 378. The minimum atomic E-state index is -0.880. The van der Waals surface area contributed by atoms with Gasteiger partial charge in [-0.1, -0.05) is 41.7 Å². The molecule has 0 aliphatic heterocycles. The lowest BCUT2D eigenvalue weighted by atomic mass is 10.1. The van der Waals surface area contributed by atoms with E-state index in [9.17, 15) is 5.11 Å². The topological polar surface area (TPSA) is 29.5 Å². The van der Waals surface area contributed by atoms with Gasteiger partial charge in [-0.05, 0) is 19.4 Å². The predicted octanol–water partition coefficient (Wildman–Crippen LogP) is 4.19. The normalized spacial score (nSPS) is 14.6. The Balaban J connectivity index is 2.79. The van der Waals surface area contributed by atoms with Crippen LogP contribution in [0, 0.1) is 0 Å². The van der Waals surface area contributed by atoms with Crippen molar-refractivity contribution in [3.05, 3.63) is 27.2 Å². The highest BCUT2D eigenvalue weighted by Gasteiger charge is 2.19. The van der Waals surface area contributed by atoms with Crippen molar-refractivity contribution in [2.24, 2.45) is 0 Å². The molecule has 1 aromatic carbocycles. The van der Waals surface area contributed by atoms with Crippen molar-refractivity contribution in [3.63, 3.8) is 0 Å². The van der Waals surface area contributed by atoms with Crippen LogP contribution in [0.1, 0.15) is 20.3 Å². The fourth-order valence-corrected chi connectivity index (χ4v) is 1.54. The molecule has 16 heavy (non-hydrogen) atoms. The minimum absolute atomic E-state index is 0.154. The molecule has 0 amide bonds. The average molecular weight is 284 g/mol. The van der Waals surface area contributed by atoms with Crippen LogP contribution in [0.25, 0.3) is 0 Å². The van der Waals surface area contributed by atoms with Crippen LogP contribution in [0.2, 0.25) is 15.1 Å². The van der Waals surface area contributed by atoms with E-state index in [0.29, 0.717) is 27.2 Å². The molecule has 0 fully saturated rings. The lowest BCUT2D eigenvalue weighted by Crippen LogP contribution is -2.31. The molecule has 0 saturated heterocycles. The number of rotatable bonds is 4. The van der Waals surface area contributed by atoms with E-state index in [0.717, 1.165) is 0 Å². The third-order valence-corrected chi connectivity index (χ3v) is 3.29. The van der Waals surface area contributed by atoms with Crippen LogP contribution in [0.3, 0.4) is 0 Å². The molecule has 0 spiro atoms. The Hall–Kier alpha value is -0.150. The zero-order valence-corrected chi connectivity index (χ0v) is 11.3. The van der Waals surface area contributed by atoms with E-state index in [-0.39, 0.29) is 6.61 Å². The molecular formula is C11H13Cl3O2. The number of hydrogen-bond acceptors (Lipinski definition) is 2. The van der Waals surface area contributed by atoms with Gasteiger partial charge in [0.1, 0.15) is 12.4 Å². The molecular weight excluding hydrogens is 270 g/mol. The summed E-state index contributed by atoms with van der Waals surface area (Å²) in [6.07, 6.45) is 0.589. The maximum absolute atomic E-state index is 9.77. The third kappa shape index (κ3) is 3.70. The van der Waals surface area contributed by atoms with Crippen LogP contribution in [0.15, 0.2) is 12.1 Å². The summed E-state index contributed by atoms with van der Waals surface area (Å²) >= 11 is 17.5. The number of ether oxygens (including phenoxy) is 1. The Morgan fingerprint density at radius 1 is 1.19 bits per heavy atom. The zero-order chi connectivity index (χ0) is 12.3. The van der Waals surface area contributed by atoms with Gasteiger partial charge in [0.05, 0.1) is 20.7 Å². The van der Waals surface area contributed by atoms with Gasteiger partial charge in [-0.3, -0.25) is 0 Å². The molecule has 0 radical (unpaired) electrons. The fourth-order valence-electron chi connectivity index (χ4n) is 0.950. The Morgan fingerprint density at radius 3 is 2.31 bits per heavy atom. The number of benzene rings is 1. The summed E-state index contributed by atoms with van der Waals surface area (Å²) < 4.78 is 5.40. The number of aliphatic hydroxyl groups is 1. The van der Waals surface area contributed by atoms with Crippen LogP contribution >= 0.6 is 34.8 Å². The molecule has 1 N–H and O–H groups in total. The van der Waals surface area contributed by atoms with Crippen molar-refractivity contribution in [2.75, 3.05) is 6.61 Å². The van der Waals surface area contributed by atoms with Gasteiger partial charge in [0.25, 0.3) is 0 Å². The molecule has 0 aliphatic rings. The van der Waals surface area contributed by atoms with Gasteiger partial charge in [-0.2, -0.15) is 0 Å². The monoisotopic (exact) mass is 282 g/mol. The summed E-state index contributed by atoms with van der Waals surface area (Å²) in [5.41, 5.74) is -0.880. The summed E-state index contributed by atoms with van der Waals surface area (Å²) in [6.45, 7) is 3.72. The Labute approximate surface area is 110 Å². The Morgan fingerprint density at radius 2 is 1.75 bits per heavy atom. The van der Waals surface area contributed by atoms with Crippen molar-refractivity contribution in [1.82, 2.24) is 0 Å². The van der Waals surface area contributed by atoms with Crippen molar-refractivity contribution < 1.29 is 9.84 Å². The van der Waals surface area contributed by atoms with Gasteiger partial charge in [-0.15, -0.1) is 0 Å². The standard InChI is InChI=1S/C11H13Cl3O2/c1-3-11(2,15)6-16-10-5-8(13)7(12)4-9(10)14/h4-5,15H,3,6H2,1-2H3. The average Bonchev–Trinajstić information content (AvgIpc) is 2.22. The first-order valence-electron chi connectivity index (χ1n) is 4.85. The lowest BCUT2D eigenvalue weighted by molar-refractivity contribution is 0.00851. The SMILES string of the molecule is CCC(C)(O)COc1cc(Cl)c(Cl)cc1Cl. The van der Waals surface area contributed by atoms with Crippen molar-refractivity contribution in [3.8, 4) is 5.75 Å². The maximum atomic E-state index is 9.77. The first-order valence-corrected chi connectivity index (χ1v) is 5.99. The van der Waals surface area contributed by atoms with E-state index in [2.05, 4.69) is 0 Å². The molecule has 0 aliphatic carbocycles. The van der Waals surface area contributed by atoms with Crippen LogP contribution in [-0.2, 0) is 0 Å². The van der Waals surface area contributed by atoms with Crippen molar-refractivity contribution in [2.45, 2.75) is 25.9 Å². The second-order valence-electron chi connectivity index (χ2n) is 3.84. The summed E-state index contributed by atoms with van der Waals surface area (Å²) in [4.78, 5) is 0. The second kappa shape index (κ2) is 5.46. The number of hydrogen-bond donors (Lipinski definition) is 1. The van der Waals surface area contributed by atoms with Crippen LogP contribution in [-0.4, -0.2) is 17.3 Å². The highest BCUT2D eigenvalue weighted by molar-refractivity contribution is 6.43. The van der Waals surface area contributed by atoms with Gasteiger partial charge in [-0.25, -0.2) is 0 Å². The summed E-state index contributed by atoms with van der Waals surface area (Å²) in [7, 11) is 0.